The molecule has 8 heteroatoms. The summed E-state index contributed by atoms with van der Waals surface area (Å²) < 4.78 is 6.80. The molecule has 0 aliphatic carbocycles. The largest absolute Gasteiger partial charge is 0.484 e. The van der Waals surface area contributed by atoms with Crippen LogP contribution >= 0.6 is 39.1 Å². The number of hydrogen-bond donors (Lipinski definition) is 1. The molecule has 0 aromatic heterocycles. The molecule has 0 bridgehead atoms. The summed E-state index contributed by atoms with van der Waals surface area (Å²) in [4.78, 5) is 28.7. The summed E-state index contributed by atoms with van der Waals surface area (Å²) in [5.74, 6) is -0.00627. The molecule has 1 unspecified atom stereocenters. The third-order valence-corrected chi connectivity index (χ3v) is 7.58. The second-order valence-corrected chi connectivity index (χ2v) is 10.4. The van der Waals surface area contributed by atoms with Crippen molar-refractivity contribution < 1.29 is 14.3 Å². The summed E-state index contributed by atoms with van der Waals surface area (Å²) >= 11 is 16.4. The Hall–Kier alpha value is -2.54. The van der Waals surface area contributed by atoms with Crippen molar-refractivity contribution in [1.29, 1.82) is 0 Å². The van der Waals surface area contributed by atoms with E-state index in [1.165, 1.54) is 4.90 Å². The summed E-state index contributed by atoms with van der Waals surface area (Å²) in [6.45, 7) is 4.37. The smallest absolute Gasteiger partial charge is 0.261 e. The highest BCUT2D eigenvalue weighted by molar-refractivity contribution is 9.10. The van der Waals surface area contributed by atoms with Gasteiger partial charge in [-0.1, -0.05) is 88.9 Å². The van der Waals surface area contributed by atoms with Crippen LogP contribution in [0, 0.1) is 6.92 Å². The molecular weight excluding hydrogens is 575 g/mol. The van der Waals surface area contributed by atoms with Crippen LogP contribution in [0.15, 0.2) is 71.2 Å². The molecule has 0 saturated carbocycles. The molecule has 0 saturated heterocycles. The van der Waals surface area contributed by atoms with Crippen LogP contribution in [0.3, 0.4) is 0 Å². The molecule has 0 aliphatic heterocycles. The van der Waals surface area contributed by atoms with Crippen molar-refractivity contribution in [3.63, 3.8) is 0 Å². The lowest BCUT2D eigenvalue weighted by atomic mass is 10.0. The predicted molar refractivity (Wildman–Crippen MR) is 153 cm³/mol. The van der Waals surface area contributed by atoms with E-state index in [9.17, 15) is 9.59 Å². The van der Waals surface area contributed by atoms with Crippen LogP contribution in [-0.2, 0) is 22.6 Å². The van der Waals surface area contributed by atoms with Crippen molar-refractivity contribution in [2.45, 2.75) is 45.7 Å². The number of ether oxygens (including phenoxy) is 1. The average Bonchev–Trinajstić information content (AvgIpc) is 2.88. The standard InChI is InChI=1S/C29H31BrCl2N2O3/c1-3-4-15-33-29(36)27(17-21-9-6-5-7-10-21)34(18-23-25(31)11-8-12-26(23)32)28(35)19-37-22-13-14-24(30)20(2)16-22/h5-14,16,27H,3-4,15,17-19H2,1-2H3,(H,33,36). The van der Waals surface area contributed by atoms with Crippen LogP contribution in [-0.4, -0.2) is 35.9 Å². The molecule has 37 heavy (non-hydrogen) atoms. The lowest BCUT2D eigenvalue weighted by Gasteiger charge is -2.32. The first-order valence-electron chi connectivity index (χ1n) is 12.2. The van der Waals surface area contributed by atoms with E-state index in [2.05, 4.69) is 28.2 Å². The van der Waals surface area contributed by atoms with Crippen LogP contribution in [0.5, 0.6) is 5.75 Å². The van der Waals surface area contributed by atoms with Crippen molar-refractivity contribution in [2.75, 3.05) is 13.2 Å². The second-order valence-electron chi connectivity index (χ2n) is 8.77. The first-order valence-corrected chi connectivity index (χ1v) is 13.8. The molecule has 196 valence electrons. The molecule has 2 amide bonds. The zero-order valence-electron chi connectivity index (χ0n) is 21.0. The van der Waals surface area contributed by atoms with Gasteiger partial charge in [0.2, 0.25) is 5.91 Å². The quantitative estimate of drug-likeness (QED) is 0.226. The molecule has 5 nitrogen and oxygen atoms in total. The normalized spacial score (nSPS) is 11.6. The van der Waals surface area contributed by atoms with Crippen molar-refractivity contribution in [3.8, 4) is 5.75 Å². The molecule has 0 heterocycles. The summed E-state index contributed by atoms with van der Waals surface area (Å²) in [5.41, 5.74) is 2.51. The molecule has 3 aromatic carbocycles. The Morgan fingerprint density at radius 2 is 1.73 bits per heavy atom. The zero-order chi connectivity index (χ0) is 26.8. The molecule has 0 radical (unpaired) electrons. The molecule has 0 fully saturated rings. The Kier molecular flexibility index (Phi) is 11.3. The van der Waals surface area contributed by atoms with Crippen molar-refractivity contribution in [2.24, 2.45) is 0 Å². The second kappa shape index (κ2) is 14.4. The van der Waals surface area contributed by atoms with E-state index < -0.39 is 6.04 Å². The molecule has 1 N–H and O–H groups in total. The van der Waals surface area contributed by atoms with Crippen LogP contribution < -0.4 is 10.1 Å². The van der Waals surface area contributed by atoms with Crippen LogP contribution in [0.1, 0.15) is 36.5 Å². The zero-order valence-corrected chi connectivity index (χ0v) is 24.1. The average molecular weight is 606 g/mol. The first-order chi connectivity index (χ1) is 17.8. The van der Waals surface area contributed by atoms with Crippen LogP contribution in [0.4, 0.5) is 0 Å². The molecule has 0 aliphatic rings. The molecule has 3 aromatic rings. The third-order valence-electron chi connectivity index (χ3n) is 5.98. The summed E-state index contributed by atoms with van der Waals surface area (Å²) in [7, 11) is 0. The van der Waals surface area contributed by atoms with Gasteiger partial charge in [0.15, 0.2) is 6.61 Å². The van der Waals surface area contributed by atoms with Gasteiger partial charge in [-0.15, -0.1) is 0 Å². The number of rotatable bonds is 12. The van der Waals surface area contributed by atoms with Gasteiger partial charge in [-0.3, -0.25) is 9.59 Å². The van der Waals surface area contributed by atoms with Gasteiger partial charge < -0.3 is 15.0 Å². The third kappa shape index (κ3) is 8.49. The highest BCUT2D eigenvalue weighted by Crippen LogP contribution is 2.28. The fourth-order valence-electron chi connectivity index (χ4n) is 3.85. The number of nitrogens with one attached hydrogen (secondary N) is 1. The van der Waals surface area contributed by atoms with Crippen LogP contribution in [0.2, 0.25) is 10.0 Å². The summed E-state index contributed by atoms with van der Waals surface area (Å²) in [6, 6.07) is 19.6. The number of hydrogen-bond acceptors (Lipinski definition) is 3. The van der Waals surface area contributed by atoms with Gasteiger partial charge in [-0.25, -0.2) is 0 Å². The van der Waals surface area contributed by atoms with E-state index in [-0.39, 0.29) is 25.0 Å². The van der Waals surface area contributed by atoms with E-state index in [0.717, 1.165) is 28.4 Å². The maximum Gasteiger partial charge on any atom is 0.261 e. The van der Waals surface area contributed by atoms with E-state index in [1.54, 1.807) is 24.3 Å². The van der Waals surface area contributed by atoms with Gasteiger partial charge in [-0.2, -0.15) is 0 Å². The maximum atomic E-state index is 13.7. The number of carbonyl (C=O) groups excluding carboxylic acids is 2. The van der Waals surface area contributed by atoms with E-state index in [1.807, 2.05) is 49.4 Å². The summed E-state index contributed by atoms with van der Waals surface area (Å²) in [6.07, 6.45) is 2.13. The number of nitrogens with zero attached hydrogens (tertiary/aromatic N) is 1. The fourth-order valence-corrected chi connectivity index (χ4v) is 4.61. The highest BCUT2D eigenvalue weighted by atomic mass is 79.9. The fraction of sp³-hybridized carbons (Fsp3) is 0.310. The lowest BCUT2D eigenvalue weighted by Crippen LogP contribution is -2.52. The monoisotopic (exact) mass is 604 g/mol. The van der Waals surface area contributed by atoms with Gasteiger partial charge in [0.1, 0.15) is 11.8 Å². The van der Waals surface area contributed by atoms with Gasteiger partial charge in [0.25, 0.3) is 5.91 Å². The van der Waals surface area contributed by atoms with Gasteiger partial charge in [0, 0.05) is 39.6 Å². The Labute approximate surface area is 237 Å². The number of aryl methyl sites for hydroxylation is 1. The molecular formula is C29H31BrCl2N2O3. The Morgan fingerprint density at radius 1 is 1.03 bits per heavy atom. The van der Waals surface area contributed by atoms with E-state index in [0.29, 0.717) is 34.3 Å². The minimum Gasteiger partial charge on any atom is -0.484 e. The van der Waals surface area contributed by atoms with Crippen LogP contribution in [0.25, 0.3) is 0 Å². The Bertz CT molecular complexity index is 1190. The van der Waals surface area contributed by atoms with Gasteiger partial charge in [-0.05, 0) is 54.8 Å². The minimum atomic E-state index is -0.783. The number of carbonyl (C=O) groups is 2. The number of benzene rings is 3. The topological polar surface area (TPSA) is 58.6 Å². The number of halogens is 3. The van der Waals surface area contributed by atoms with E-state index in [4.69, 9.17) is 27.9 Å². The summed E-state index contributed by atoms with van der Waals surface area (Å²) in [5, 5.41) is 3.86. The minimum absolute atomic E-state index is 0.0682. The van der Waals surface area contributed by atoms with E-state index >= 15 is 0 Å². The Morgan fingerprint density at radius 3 is 2.38 bits per heavy atom. The predicted octanol–water partition coefficient (Wildman–Crippen LogP) is 7.00. The van der Waals surface area contributed by atoms with Gasteiger partial charge >= 0.3 is 0 Å². The SMILES string of the molecule is CCCCNC(=O)C(Cc1ccccc1)N(Cc1c(Cl)cccc1Cl)C(=O)COc1ccc(Br)c(C)c1. The first kappa shape index (κ1) is 29.0. The maximum absolute atomic E-state index is 13.7. The number of unbranched alkanes of at least 4 members (excludes halogenated alkanes) is 1. The Balaban J connectivity index is 1.93. The lowest BCUT2D eigenvalue weighted by molar-refractivity contribution is -0.142. The molecule has 1 atom stereocenters. The van der Waals surface area contributed by atoms with Crippen molar-refractivity contribution in [3.05, 3.63) is 97.9 Å². The van der Waals surface area contributed by atoms with Crippen molar-refractivity contribution in [1.82, 2.24) is 10.2 Å². The highest BCUT2D eigenvalue weighted by Gasteiger charge is 2.31. The van der Waals surface area contributed by atoms with Crippen molar-refractivity contribution >= 4 is 50.9 Å². The number of amides is 2. The molecule has 0 spiro atoms. The molecule has 3 rings (SSSR count). The van der Waals surface area contributed by atoms with Gasteiger partial charge in [0.05, 0.1) is 0 Å².